The molecule has 0 unspecified atom stereocenters. The second kappa shape index (κ2) is 6.91. The molecule has 0 fully saturated rings. The molecule has 0 bridgehead atoms. The molecular weight excluding hydrogens is 262 g/mol. The van der Waals surface area contributed by atoms with Crippen LogP contribution < -0.4 is 10.6 Å². The summed E-state index contributed by atoms with van der Waals surface area (Å²) in [5, 5.41) is 0.250. The average Bonchev–Trinajstić information content (AvgIpc) is 2.28. The van der Waals surface area contributed by atoms with E-state index in [-0.39, 0.29) is 5.28 Å². The second-order valence-electron chi connectivity index (χ2n) is 5.46. The summed E-state index contributed by atoms with van der Waals surface area (Å²) in [4.78, 5) is 12.7. The molecule has 0 radical (unpaired) electrons. The van der Waals surface area contributed by atoms with Crippen LogP contribution in [-0.4, -0.2) is 48.6 Å². The Kier molecular flexibility index (Phi) is 5.82. The Hall–Kier alpha value is -1.07. The molecule has 0 aromatic carbocycles. The van der Waals surface area contributed by atoms with Gasteiger partial charge in [0.15, 0.2) is 5.82 Å². The molecule has 0 saturated heterocycles. The van der Waals surface area contributed by atoms with E-state index < -0.39 is 0 Å². The largest absolute Gasteiger partial charge is 0.394 e. The molecule has 0 aliphatic carbocycles. The third-order valence-electron chi connectivity index (χ3n) is 2.79. The number of nitrogens with zero attached hydrogens (tertiary/aromatic N) is 4. The highest BCUT2D eigenvalue weighted by Gasteiger charge is 2.16. The maximum Gasteiger partial charge on any atom is 0.224 e. The van der Waals surface area contributed by atoms with Crippen molar-refractivity contribution in [1.29, 1.82) is 0 Å². The fourth-order valence-corrected chi connectivity index (χ4v) is 2.03. The van der Waals surface area contributed by atoms with Gasteiger partial charge >= 0.3 is 0 Å². The molecule has 1 rings (SSSR count). The van der Waals surface area contributed by atoms with Crippen molar-refractivity contribution in [2.24, 2.45) is 5.92 Å². The molecule has 2 N–H and O–H groups in total. The number of halogens is 1. The number of aromatic nitrogens is 2. The Balaban J connectivity index is 3.02. The van der Waals surface area contributed by atoms with Gasteiger partial charge in [-0.1, -0.05) is 13.8 Å². The van der Waals surface area contributed by atoms with Crippen LogP contribution in [0, 0.1) is 12.8 Å². The average molecular weight is 286 g/mol. The summed E-state index contributed by atoms with van der Waals surface area (Å²) < 4.78 is 0. The Labute approximate surface area is 120 Å². The molecule has 108 valence electrons. The molecule has 1 heterocycles. The molecule has 1 aromatic rings. The molecule has 0 aliphatic rings. The lowest BCUT2D eigenvalue weighted by Crippen LogP contribution is -2.35. The van der Waals surface area contributed by atoms with Gasteiger partial charge in [-0.2, -0.15) is 4.98 Å². The summed E-state index contributed by atoms with van der Waals surface area (Å²) >= 11 is 5.95. The van der Waals surface area contributed by atoms with Gasteiger partial charge in [-0.15, -0.1) is 0 Å². The molecule has 19 heavy (non-hydrogen) atoms. The monoisotopic (exact) mass is 285 g/mol. The summed E-state index contributed by atoms with van der Waals surface area (Å²) in [6.45, 7) is 8.90. The Morgan fingerprint density at radius 2 is 1.84 bits per heavy atom. The van der Waals surface area contributed by atoms with Crippen LogP contribution in [0.4, 0.5) is 11.5 Å². The van der Waals surface area contributed by atoms with E-state index in [1.165, 1.54) is 0 Å². The minimum Gasteiger partial charge on any atom is -0.394 e. The van der Waals surface area contributed by atoms with E-state index in [1.54, 1.807) is 0 Å². The first-order valence-corrected chi connectivity index (χ1v) is 6.88. The van der Waals surface area contributed by atoms with E-state index in [2.05, 4.69) is 47.7 Å². The molecule has 0 aliphatic heterocycles. The molecule has 6 heteroatoms. The van der Waals surface area contributed by atoms with E-state index in [9.17, 15) is 0 Å². The van der Waals surface area contributed by atoms with Gasteiger partial charge in [-0.25, -0.2) is 4.98 Å². The van der Waals surface area contributed by atoms with Crippen molar-refractivity contribution >= 4 is 23.1 Å². The van der Waals surface area contributed by atoms with Gasteiger partial charge in [-0.3, -0.25) is 0 Å². The van der Waals surface area contributed by atoms with Gasteiger partial charge < -0.3 is 15.5 Å². The van der Waals surface area contributed by atoms with Crippen LogP contribution in [0.5, 0.6) is 0 Å². The van der Waals surface area contributed by atoms with E-state index >= 15 is 0 Å². The quantitative estimate of drug-likeness (QED) is 0.811. The maximum absolute atomic E-state index is 6.10. The predicted molar refractivity (Wildman–Crippen MR) is 81.8 cm³/mol. The first-order chi connectivity index (χ1) is 8.81. The number of hydrogen-bond acceptors (Lipinski definition) is 5. The van der Waals surface area contributed by atoms with E-state index in [1.807, 2.05) is 6.92 Å². The Morgan fingerprint density at radius 1 is 1.21 bits per heavy atom. The molecular formula is C13H24ClN5. The van der Waals surface area contributed by atoms with Crippen molar-refractivity contribution in [1.82, 2.24) is 14.9 Å². The van der Waals surface area contributed by atoms with Crippen LogP contribution >= 0.6 is 11.6 Å². The molecule has 5 nitrogen and oxygen atoms in total. The van der Waals surface area contributed by atoms with Crippen molar-refractivity contribution in [3.05, 3.63) is 11.0 Å². The zero-order valence-electron chi connectivity index (χ0n) is 12.4. The van der Waals surface area contributed by atoms with Crippen LogP contribution in [0.1, 0.15) is 19.5 Å². The summed E-state index contributed by atoms with van der Waals surface area (Å²) in [6, 6.07) is 0. The van der Waals surface area contributed by atoms with Gasteiger partial charge in [0.2, 0.25) is 5.28 Å². The lowest BCUT2D eigenvalue weighted by Gasteiger charge is -2.28. The Morgan fingerprint density at radius 3 is 2.37 bits per heavy atom. The van der Waals surface area contributed by atoms with E-state index in [0.29, 0.717) is 11.6 Å². The van der Waals surface area contributed by atoms with Gasteiger partial charge in [0.1, 0.15) is 0 Å². The smallest absolute Gasteiger partial charge is 0.224 e. The SMILES string of the molecule is Cc1nc(Cl)nc(N(CCN(C)C)CC(C)C)c1N. The fourth-order valence-electron chi connectivity index (χ4n) is 1.82. The minimum atomic E-state index is 0.250. The van der Waals surface area contributed by atoms with Crippen LogP contribution in [0.3, 0.4) is 0 Å². The van der Waals surface area contributed by atoms with Gasteiger partial charge in [0.25, 0.3) is 0 Å². The first-order valence-electron chi connectivity index (χ1n) is 6.50. The lowest BCUT2D eigenvalue weighted by molar-refractivity contribution is 0.408. The normalized spacial score (nSPS) is 11.4. The molecule has 0 saturated carbocycles. The van der Waals surface area contributed by atoms with Crippen molar-refractivity contribution in [2.45, 2.75) is 20.8 Å². The number of likely N-dealkylation sites (N-methyl/N-ethyl adjacent to an activating group) is 1. The van der Waals surface area contributed by atoms with Crippen molar-refractivity contribution in [3.8, 4) is 0 Å². The predicted octanol–water partition coefficient (Wildman–Crippen LogP) is 2.04. The minimum absolute atomic E-state index is 0.250. The van der Waals surface area contributed by atoms with E-state index in [0.717, 1.165) is 31.1 Å². The van der Waals surface area contributed by atoms with Crippen LogP contribution in [0.25, 0.3) is 0 Å². The lowest BCUT2D eigenvalue weighted by atomic mass is 10.2. The van der Waals surface area contributed by atoms with Gasteiger partial charge in [-0.05, 0) is 38.5 Å². The van der Waals surface area contributed by atoms with Crippen LogP contribution in [0.2, 0.25) is 5.28 Å². The number of rotatable bonds is 6. The number of hydrogen-bond donors (Lipinski definition) is 1. The summed E-state index contributed by atoms with van der Waals surface area (Å²) in [5.41, 5.74) is 7.44. The van der Waals surface area contributed by atoms with Crippen molar-refractivity contribution < 1.29 is 0 Å². The Bertz CT molecular complexity index is 420. The topological polar surface area (TPSA) is 58.3 Å². The molecule has 1 aromatic heterocycles. The third kappa shape index (κ3) is 4.84. The van der Waals surface area contributed by atoms with Crippen LogP contribution in [0.15, 0.2) is 0 Å². The van der Waals surface area contributed by atoms with Crippen molar-refractivity contribution in [3.63, 3.8) is 0 Å². The highest BCUT2D eigenvalue weighted by atomic mass is 35.5. The number of nitrogens with two attached hydrogens (primary N) is 1. The maximum atomic E-state index is 6.10. The highest BCUT2D eigenvalue weighted by molar-refractivity contribution is 6.28. The second-order valence-corrected chi connectivity index (χ2v) is 5.80. The van der Waals surface area contributed by atoms with Gasteiger partial charge in [0.05, 0.1) is 11.4 Å². The number of nitrogen functional groups attached to an aromatic ring is 1. The zero-order valence-corrected chi connectivity index (χ0v) is 13.2. The number of aryl methyl sites for hydroxylation is 1. The van der Waals surface area contributed by atoms with Crippen LogP contribution in [-0.2, 0) is 0 Å². The summed E-state index contributed by atoms with van der Waals surface area (Å²) in [5.74, 6) is 1.27. The molecule has 0 spiro atoms. The first kappa shape index (κ1) is 16.0. The van der Waals surface area contributed by atoms with Crippen molar-refractivity contribution in [2.75, 3.05) is 44.4 Å². The fraction of sp³-hybridized carbons (Fsp3) is 0.692. The standard InChI is InChI=1S/C13H24ClN5/c1-9(2)8-19(7-6-18(4)5)12-11(15)10(3)16-13(14)17-12/h9H,6-8,15H2,1-5H3. The molecule has 0 amide bonds. The van der Waals surface area contributed by atoms with Gasteiger partial charge in [0, 0.05) is 19.6 Å². The number of anilines is 2. The summed E-state index contributed by atoms with van der Waals surface area (Å²) in [6.07, 6.45) is 0. The summed E-state index contributed by atoms with van der Waals surface area (Å²) in [7, 11) is 4.10. The van der Waals surface area contributed by atoms with E-state index in [4.69, 9.17) is 17.3 Å². The zero-order chi connectivity index (χ0) is 14.6. The third-order valence-corrected chi connectivity index (χ3v) is 2.96. The highest BCUT2D eigenvalue weighted by Crippen LogP contribution is 2.25. The molecule has 0 atom stereocenters.